The van der Waals surface area contributed by atoms with Gasteiger partial charge in [-0.1, -0.05) is 78.4 Å². The first-order chi connectivity index (χ1) is 11.8. The first-order valence-electron chi connectivity index (χ1n) is 7.94. The van der Waals surface area contributed by atoms with Crippen molar-refractivity contribution in [3.05, 3.63) is 102 Å². The van der Waals surface area contributed by atoms with E-state index in [1.165, 1.54) is 5.56 Å². The van der Waals surface area contributed by atoms with Crippen LogP contribution < -0.4 is 5.48 Å². The number of nitrogens with zero attached hydrogens (tertiary/aromatic N) is 1. The molecule has 1 N–H and O–H groups in total. The van der Waals surface area contributed by atoms with Crippen LogP contribution in [0.25, 0.3) is 0 Å². The number of hydrogen-bond donors (Lipinski definition) is 1. The van der Waals surface area contributed by atoms with Gasteiger partial charge >= 0.3 is 0 Å². The van der Waals surface area contributed by atoms with Crippen molar-refractivity contribution >= 4 is 11.5 Å². The van der Waals surface area contributed by atoms with Gasteiger partial charge in [0, 0.05) is 5.56 Å². The lowest BCUT2D eigenvalue weighted by Crippen LogP contribution is -2.24. The monoisotopic (exact) mass is 316 g/mol. The van der Waals surface area contributed by atoms with Crippen molar-refractivity contribution in [3.8, 4) is 0 Å². The Bertz CT molecular complexity index is 781. The largest absolute Gasteiger partial charge is 0.270 e. The van der Waals surface area contributed by atoms with Crippen LogP contribution in [0, 0.1) is 6.92 Å². The quantitative estimate of drug-likeness (QED) is 0.417. The molecule has 24 heavy (non-hydrogen) atoms. The molecule has 0 saturated heterocycles. The van der Waals surface area contributed by atoms with E-state index in [1.807, 2.05) is 72.8 Å². The summed E-state index contributed by atoms with van der Waals surface area (Å²) in [6.07, 6.45) is 0. The van der Waals surface area contributed by atoms with Crippen LogP contribution in [0.2, 0.25) is 0 Å². The Balaban J connectivity index is 1.77. The van der Waals surface area contributed by atoms with Gasteiger partial charge in [0.05, 0.1) is 12.3 Å². The smallest absolute Gasteiger partial charge is 0.157 e. The van der Waals surface area contributed by atoms with Gasteiger partial charge in [-0.05, 0) is 24.6 Å². The number of amidine groups is 1. The highest BCUT2D eigenvalue weighted by Gasteiger charge is 2.04. The minimum atomic E-state index is 0.473. The van der Waals surface area contributed by atoms with E-state index in [-0.39, 0.29) is 0 Å². The second-order valence-corrected chi connectivity index (χ2v) is 5.54. The molecule has 3 aromatic rings. The molecule has 0 spiro atoms. The van der Waals surface area contributed by atoms with E-state index >= 15 is 0 Å². The molecule has 0 aliphatic heterocycles. The van der Waals surface area contributed by atoms with Crippen LogP contribution in [0.1, 0.15) is 16.7 Å². The molecule has 3 nitrogen and oxygen atoms in total. The minimum Gasteiger partial charge on any atom is -0.270 e. The molecule has 0 aliphatic rings. The molecule has 0 saturated carbocycles. The highest BCUT2D eigenvalue weighted by molar-refractivity contribution is 5.99. The van der Waals surface area contributed by atoms with Gasteiger partial charge in [-0.3, -0.25) is 4.84 Å². The fourth-order valence-corrected chi connectivity index (χ4v) is 2.25. The summed E-state index contributed by atoms with van der Waals surface area (Å²) >= 11 is 0. The zero-order valence-electron chi connectivity index (χ0n) is 13.6. The fourth-order valence-electron chi connectivity index (χ4n) is 2.25. The van der Waals surface area contributed by atoms with Crippen LogP contribution in [0.4, 0.5) is 5.69 Å². The normalized spacial score (nSPS) is 11.3. The van der Waals surface area contributed by atoms with Crippen LogP contribution in [-0.2, 0) is 11.4 Å². The van der Waals surface area contributed by atoms with Gasteiger partial charge < -0.3 is 0 Å². The van der Waals surface area contributed by atoms with Crippen LogP contribution in [0.5, 0.6) is 0 Å². The van der Waals surface area contributed by atoms with Gasteiger partial charge in [-0.2, -0.15) is 0 Å². The van der Waals surface area contributed by atoms with Gasteiger partial charge in [0.1, 0.15) is 0 Å². The van der Waals surface area contributed by atoms with Gasteiger partial charge in [0.25, 0.3) is 0 Å². The lowest BCUT2D eigenvalue weighted by molar-refractivity contribution is 0.0716. The molecule has 0 unspecified atom stereocenters. The number of hydroxylamine groups is 1. The van der Waals surface area contributed by atoms with Crippen molar-refractivity contribution in [1.82, 2.24) is 5.48 Å². The maximum Gasteiger partial charge on any atom is 0.157 e. The van der Waals surface area contributed by atoms with E-state index in [9.17, 15) is 0 Å². The highest BCUT2D eigenvalue weighted by atomic mass is 16.6. The zero-order valence-corrected chi connectivity index (χ0v) is 13.6. The summed E-state index contributed by atoms with van der Waals surface area (Å²) in [5, 5.41) is 0. The van der Waals surface area contributed by atoms with Crippen molar-refractivity contribution in [2.75, 3.05) is 0 Å². The molecule has 0 aromatic heterocycles. The van der Waals surface area contributed by atoms with E-state index in [0.717, 1.165) is 16.8 Å². The summed E-state index contributed by atoms with van der Waals surface area (Å²) in [7, 11) is 0. The summed E-state index contributed by atoms with van der Waals surface area (Å²) in [6.45, 7) is 2.54. The minimum absolute atomic E-state index is 0.473. The molecule has 0 radical (unpaired) electrons. The third-order valence-corrected chi connectivity index (χ3v) is 3.57. The predicted molar refractivity (Wildman–Crippen MR) is 98.2 cm³/mol. The van der Waals surface area contributed by atoms with Gasteiger partial charge in [-0.25, -0.2) is 10.5 Å². The number of hydrogen-bond acceptors (Lipinski definition) is 2. The molecule has 120 valence electrons. The van der Waals surface area contributed by atoms with E-state index in [1.54, 1.807) is 0 Å². The third-order valence-electron chi connectivity index (χ3n) is 3.57. The molecule has 3 heteroatoms. The topological polar surface area (TPSA) is 33.6 Å². The Morgan fingerprint density at radius 1 is 0.833 bits per heavy atom. The number of aliphatic imine (C=N–C) groups is 1. The molecule has 0 aliphatic carbocycles. The van der Waals surface area contributed by atoms with Gasteiger partial charge in [0.15, 0.2) is 5.84 Å². The highest BCUT2D eigenvalue weighted by Crippen LogP contribution is 2.13. The molecular weight excluding hydrogens is 296 g/mol. The third kappa shape index (κ3) is 4.54. The first kappa shape index (κ1) is 16.0. The molecule has 0 bridgehead atoms. The zero-order chi connectivity index (χ0) is 16.6. The van der Waals surface area contributed by atoms with E-state index in [0.29, 0.717) is 12.4 Å². The van der Waals surface area contributed by atoms with E-state index in [2.05, 4.69) is 29.5 Å². The summed E-state index contributed by atoms with van der Waals surface area (Å²) in [4.78, 5) is 10.3. The van der Waals surface area contributed by atoms with Gasteiger partial charge in [0.2, 0.25) is 0 Å². The van der Waals surface area contributed by atoms with Crippen molar-refractivity contribution in [1.29, 1.82) is 0 Å². The fraction of sp³-hybridized carbons (Fsp3) is 0.0952. The van der Waals surface area contributed by atoms with Crippen LogP contribution in [0.15, 0.2) is 89.9 Å². The molecule has 3 rings (SSSR count). The maximum atomic E-state index is 5.66. The summed E-state index contributed by atoms with van der Waals surface area (Å²) in [5.41, 5.74) is 7.18. The van der Waals surface area contributed by atoms with E-state index < -0.39 is 0 Å². The number of benzene rings is 3. The lowest BCUT2D eigenvalue weighted by Gasteiger charge is -2.11. The van der Waals surface area contributed by atoms with Crippen molar-refractivity contribution in [2.24, 2.45) is 4.99 Å². The van der Waals surface area contributed by atoms with E-state index in [4.69, 9.17) is 4.84 Å². The Kier molecular flexibility index (Phi) is 5.38. The average Bonchev–Trinajstić information content (AvgIpc) is 2.63. The number of aryl methyl sites for hydroxylation is 1. The van der Waals surface area contributed by atoms with Crippen LogP contribution in [0.3, 0.4) is 0 Å². The SMILES string of the molecule is Cc1ccc(C(=Nc2ccccc2)NOCc2ccccc2)cc1. The molecule has 0 heterocycles. The standard InChI is InChI=1S/C21H20N2O/c1-17-12-14-19(15-13-17)21(22-20-10-6-3-7-11-20)23-24-16-18-8-4-2-5-9-18/h2-15H,16H2,1H3,(H,22,23). The molecule has 0 atom stereocenters. The van der Waals surface area contributed by atoms with Crippen LogP contribution in [-0.4, -0.2) is 5.84 Å². The number of rotatable bonds is 5. The number of para-hydroxylation sites is 1. The second kappa shape index (κ2) is 8.09. The predicted octanol–water partition coefficient (Wildman–Crippen LogP) is 4.79. The Hall–Kier alpha value is -2.91. The van der Waals surface area contributed by atoms with Crippen molar-refractivity contribution < 1.29 is 4.84 Å². The summed E-state index contributed by atoms with van der Waals surface area (Å²) in [6, 6.07) is 28.1. The Morgan fingerprint density at radius 2 is 1.46 bits per heavy atom. The first-order valence-corrected chi connectivity index (χ1v) is 7.94. The average molecular weight is 316 g/mol. The molecule has 3 aromatic carbocycles. The molecular formula is C21H20N2O. The van der Waals surface area contributed by atoms with Crippen molar-refractivity contribution in [3.63, 3.8) is 0 Å². The van der Waals surface area contributed by atoms with Gasteiger partial charge in [-0.15, -0.1) is 0 Å². The maximum absolute atomic E-state index is 5.66. The Morgan fingerprint density at radius 3 is 2.12 bits per heavy atom. The molecule has 0 fully saturated rings. The Labute approximate surface area is 142 Å². The summed E-state index contributed by atoms with van der Waals surface area (Å²) < 4.78 is 0. The number of nitrogens with one attached hydrogen (secondary N) is 1. The lowest BCUT2D eigenvalue weighted by atomic mass is 10.1. The van der Waals surface area contributed by atoms with Crippen molar-refractivity contribution in [2.45, 2.75) is 13.5 Å². The van der Waals surface area contributed by atoms with Crippen LogP contribution >= 0.6 is 0 Å². The summed E-state index contributed by atoms with van der Waals surface area (Å²) in [5.74, 6) is 0.692. The second-order valence-electron chi connectivity index (χ2n) is 5.54. The molecule has 0 amide bonds.